The molecule has 2 aromatic carbocycles. The predicted molar refractivity (Wildman–Crippen MR) is 144 cm³/mol. The van der Waals surface area contributed by atoms with E-state index in [1.807, 2.05) is 0 Å². The molecule has 2 aliphatic rings. The predicted octanol–water partition coefficient (Wildman–Crippen LogP) is 8.85. The van der Waals surface area contributed by atoms with Gasteiger partial charge in [-0.1, -0.05) is 139 Å². The number of hydrogen-bond acceptors (Lipinski definition) is 1. The number of carbonyl (C=O) groups is 1. The van der Waals surface area contributed by atoms with Crippen molar-refractivity contribution in [2.45, 2.75) is 96.3 Å². The second-order valence-corrected chi connectivity index (χ2v) is 18.6. The molecule has 0 unspecified atom stereocenters. The van der Waals surface area contributed by atoms with Gasteiger partial charge in [0.05, 0.1) is 8.07 Å². The van der Waals surface area contributed by atoms with E-state index in [-0.39, 0.29) is 22.7 Å². The Morgan fingerprint density at radius 2 is 1.18 bits per heavy atom. The van der Waals surface area contributed by atoms with E-state index in [0.29, 0.717) is 11.7 Å². The molecule has 0 amide bonds. The standard InChI is InChI=1S/C31H44OSi/c1-21(2)33(22(3)4,23(5)6)20-26-19-30(7)27(24-15-11-9-12-16-24)28(31(26,8)29(30)32)25-17-13-10-14-18-25/h9-18,21-23,26-28H,19-20H2,1-8H3/t26-,27-,28-,30-,31+/m1/s1. The van der Waals surface area contributed by atoms with Crippen molar-refractivity contribution in [3.8, 4) is 0 Å². The van der Waals surface area contributed by atoms with Gasteiger partial charge in [-0.3, -0.25) is 4.79 Å². The summed E-state index contributed by atoms with van der Waals surface area (Å²) >= 11 is 0. The largest absolute Gasteiger partial charge is 0.298 e. The first-order chi connectivity index (χ1) is 15.5. The minimum absolute atomic E-state index is 0.246. The Kier molecular flexibility index (Phi) is 6.31. The molecule has 4 rings (SSSR count). The van der Waals surface area contributed by atoms with Gasteiger partial charge in [0.2, 0.25) is 0 Å². The third kappa shape index (κ3) is 3.42. The Morgan fingerprint density at radius 3 is 1.61 bits per heavy atom. The number of benzene rings is 2. The first kappa shape index (κ1) is 24.5. The molecule has 0 aromatic heterocycles. The molecule has 2 heteroatoms. The molecule has 5 atom stereocenters. The minimum Gasteiger partial charge on any atom is -0.298 e. The van der Waals surface area contributed by atoms with E-state index in [1.54, 1.807) is 0 Å². The second-order valence-electron chi connectivity index (χ2n) is 12.5. The summed E-state index contributed by atoms with van der Waals surface area (Å²) in [7, 11) is -1.62. The molecule has 1 nitrogen and oxygen atoms in total. The van der Waals surface area contributed by atoms with Crippen molar-refractivity contribution in [2.75, 3.05) is 0 Å². The molecular weight excluding hydrogens is 416 g/mol. The van der Waals surface area contributed by atoms with E-state index >= 15 is 0 Å². The van der Waals surface area contributed by atoms with Crippen LogP contribution in [0.2, 0.25) is 22.7 Å². The van der Waals surface area contributed by atoms with Crippen LogP contribution in [0.4, 0.5) is 0 Å². The van der Waals surface area contributed by atoms with E-state index < -0.39 is 8.07 Å². The third-order valence-corrected chi connectivity index (χ3v) is 18.0. The quantitative estimate of drug-likeness (QED) is 0.377. The average Bonchev–Trinajstić information content (AvgIpc) is 3.08. The van der Waals surface area contributed by atoms with E-state index in [1.165, 1.54) is 17.2 Å². The minimum atomic E-state index is -1.62. The number of Topliss-reactive ketones (excluding diaryl/α,β-unsaturated/α-hetero) is 1. The number of hydrogen-bond donors (Lipinski definition) is 0. The van der Waals surface area contributed by atoms with Crippen LogP contribution in [-0.2, 0) is 4.79 Å². The lowest BCUT2D eigenvalue weighted by molar-refractivity contribution is -0.129. The number of carbonyl (C=O) groups excluding carboxylic acids is 1. The zero-order valence-corrected chi connectivity index (χ0v) is 23.1. The van der Waals surface area contributed by atoms with E-state index in [4.69, 9.17) is 0 Å². The molecule has 0 aliphatic heterocycles. The van der Waals surface area contributed by atoms with Crippen LogP contribution >= 0.6 is 0 Å². The molecule has 0 radical (unpaired) electrons. The SMILES string of the molecule is CC(C)[Si](C[C@H]1C[C@@]2(C)C(=O)[C@]1(C)[C@H](c1ccccc1)[C@H]2c1ccccc1)(C(C)C)C(C)C. The Labute approximate surface area is 203 Å². The van der Waals surface area contributed by atoms with Gasteiger partial charge >= 0.3 is 0 Å². The fourth-order valence-corrected chi connectivity index (χ4v) is 15.7. The topological polar surface area (TPSA) is 17.1 Å². The molecule has 0 heterocycles. The number of rotatable bonds is 7. The monoisotopic (exact) mass is 460 g/mol. The van der Waals surface area contributed by atoms with Crippen molar-refractivity contribution in [1.29, 1.82) is 0 Å². The van der Waals surface area contributed by atoms with Gasteiger partial charge in [-0.25, -0.2) is 0 Å². The van der Waals surface area contributed by atoms with Crippen LogP contribution in [0.15, 0.2) is 60.7 Å². The average molecular weight is 461 g/mol. The molecule has 2 bridgehead atoms. The molecule has 178 valence electrons. The number of fused-ring (bicyclic) bond motifs is 2. The molecule has 0 N–H and O–H groups in total. The van der Waals surface area contributed by atoms with Crippen LogP contribution in [0.5, 0.6) is 0 Å². The number of ketones is 1. The Hall–Kier alpha value is -1.67. The molecular formula is C31H44OSi. The van der Waals surface area contributed by atoms with Crippen LogP contribution in [0.3, 0.4) is 0 Å². The van der Waals surface area contributed by atoms with E-state index in [9.17, 15) is 4.79 Å². The zero-order chi connectivity index (χ0) is 24.2. The highest BCUT2D eigenvalue weighted by Crippen LogP contribution is 2.74. The summed E-state index contributed by atoms with van der Waals surface area (Å²) < 4.78 is 0. The Morgan fingerprint density at radius 1 is 0.758 bits per heavy atom. The molecule has 33 heavy (non-hydrogen) atoms. The molecule has 2 aromatic rings. The molecule has 2 fully saturated rings. The van der Waals surface area contributed by atoms with Gasteiger partial charge in [-0.05, 0) is 23.5 Å². The molecule has 0 spiro atoms. The smallest absolute Gasteiger partial charge is 0.146 e. The van der Waals surface area contributed by atoms with Gasteiger partial charge in [0, 0.05) is 22.7 Å². The van der Waals surface area contributed by atoms with E-state index in [0.717, 1.165) is 23.0 Å². The van der Waals surface area contributed by atoms with Crippen LogP contribution < -0.4 is 0 Å². The Bertz CT molecular complexity index is 957. The maximum absolute atomic E-state index is 14.4. The van der Waals surface area contributed by atoms with Crippen molar-refractivity contribution in [3.05, 3.63) is 71.8 Å². The molecule has 2 saturated carbocycles. The highest BCUT2D eigenvalue weighted by atomic mass is 28.3. The van der Waals surface area contributed by atoms with Crippen molar-refractivity contribution >= 4 is 13.9 Å². The van der Waals surface area contributed by atoms with Crippen LogP contribution in [0, 0.1) is 16.7 Å². The van der Waals surface area contributed by atoms with Gasteiger partial charge in [0.1, 0.15) is 5.78 Å². The fraction of sp³-hybridized carbons (Fsp3) is 0.581. The van der Waals surface area contributed by atoms with Crippen LogP contribution in [-0.4, -0.2) is 13.9 Å². The van der Waals surface area contributed by atoms with Gasteiger partial charge in [0.25, 0.3) is 0 Å². The van der Waals surface area contributed by atoms with Crippen molar-refractivity contribution in [3.63, 3.8) is 0 Å². The van der Waals surface area contributed by atoms with Gasteiger partial charge < -0.3 is 0 Å². The van der Waals surface area contributed by atoms with Crippen LogP contribution in [0.25, 0.3) is 0 Å². The van der Waals surface area contributed by atoms with Crippen molar-refractivity contribution in [1.82, 2.24) is 0 Å². The van der Waals surface area contributed by atoms with Crippen LogP contribution in [0.1, 0.15) is 84.8 Å². The first-order valence-corrected chi connectivity index (χ1v) is 15.6. The van der Waals surface area contributed by atoms with Crippen molar-refractivity contribution < 1.29 is 4.79 Å². The summed E-state index contributed by atoms with van der Waals surface area (Å²) in [6.07, 6.45) is 1.05. The highest BCUT2D eigenvalue weighted by molar-refractivity contribution is 6.83. The second kappa shape index (κ2) is 8.52. The summed E-state index contributed by atoms with van der Waals surface area (Å²) in [5.74, 6) is 1.50. The molecule has 0 saturated heterocycles. The van der Waals surface area contributed by atoms with Gasteiger partial charge in [0.15, 0.2) is 0 Å². The molecule has 2 aliphatic carbocycles. The summed E-state index contributed by atoms with van der Waals surface area (Å²) in [4.78, 5) is 14.4. The van der Waals surface area contributed by atoms with Gasteiger partial charge in [-0.2, -0.15) is 0 Å². The Balaban J connectivity index is 1.87. The summed E-state index contributed by atoms with van der Waals surface area (Å²) in [5.41, 5.74) is 4.28. The normalized spacial score (nSPS) is 31.8. The fourth-order valence-electron chi connectivity index (χ4n) is 8.83. The van der Waals surface area contributed by atoms with E-state index in [2.05, 4.69) is 116 Å². The lowest BCUT2D eigenvalue weighted by atomic mass is 9.59. The third-order valence-electron chi connectivity index (χ3n) is 10.3. The zero-order valence-electron chi connectivity index (χ0n) is 22.1. The summed E-state index contributed by atoms with van der Waals surface area (Å²) in [5, 5.41) is 0. The lowest BCUT2D eigenvalue weighted by Crippen LogP contribution is -2.49. The maximum Gasteiger partial charge on any atom is 0.146 e. The first-order valence-electron chi connectivity index (χ1n) is 13.2. The van der Waals surface area contributed by atoms with Crippen molar-refractivity contribution in [2.24, 2.45) is 16.7 Å². The summed E-state index contributed by atoms with van der Waals surface area (Å²) in [6, 6.07) is 23.1. The highest BCUT2D eigenvalue weighted by Gasteiger charge is 2.72. The summed E-state index contributed by atoms with van der Waals surface area (Å²) in [6.45, 7) is 19.4. The maximum atomic E-state index is 14.4. The lowest BCUT2D eigenvalue weighted by Gasteiger charge is -2.50. The van der Waals surface area contributed by atoms with Gasteiger partial charge in [-0.15, -0.1) is 0 Å².